The van der Waals surface area contributed by atoms with Gasteiger partial charge in [0, 0.05) is 19.2 Å². The Morgan fingerprint density at radius 1 is 1.19 bits per heavy atom. The third kappa shape index (κ3) is 5.99. The average Bonchev–Trinajstić information content (AvgIpc) is 3.41. The van der Waals surface area contributed by atoms with Gasteiger partial charge in [-0.15, -0.1) is 10.2 Å². The predicted molar refractivity (Wildman–Crippen MR) is 112 cm³/mol. The number of alkyl halides is 6. The number of urea groups is 1. The molecule has 1 aliphatic heterocycles. The van der Waals surface area contributed by atoms with Gasteiger partial charge in [-0.05, 0) is 30.9 Å². The van der Waals surface area contributed by atoms with E-state index in [1.807, 2.05) is 6.92 Å². The molecule has 0 spiro atoms. The number of benzene rings is 1. The van der Waals surface area contributed by atoms with E-state index in [9.17, 15) is 35.5 Å². The molecular weight excluding hydrogens is 515 g/mol. The zero-order valence-electron chi connectivity index (χ0n) is 19.4. The number of piperidine rings is 1. The van der Waals surface area contributed by atoms with Gasteiger partial charge < -0.3 is 14.6 Å². The van der Waals surface area contributed by atoms with Gasteiger partial charge in [-0.1, -0.05) is 6.92 Å². The molecule has 0 aliphatic carbocycles. The molecule has 1 unspecified atom stereocenters. The van der Waals surface area contributed by atoms with E-state index in [0.717, 1.165) is 17.1 Å². The van der Waals surface area contributed by atoms with Crippen LogP contribution in [0.25, 0.3) is 11.4 Å². The van der Waals surface area contributed by atoms with E-state index in [0.29, 0.717) is 6.42 Å². The minimum Gasteiger partial charge on any atom is -0.423 e. The molecule has 2 aromatic heterocycles. The molecule has 200 valence electrons. The fourth-order valence-electron chi connectivity index (χ4n) is 4.00. The van der Waals surface area contributed by atoms with Crippen molar-refractivity contribution >= 4 is 11.7 Å². The number of aromatic nitrogens is 5. The molecule has 1 fully saturated rings. The molecular formula is C21H20F7N7O2. The summed E-state index contributed by atoms with van der Waals surface area (Å²) in [6.45, 7) is 1.96. The van der Waals surface area contributed by atoms with Crippen molar-refractivity contribution in [2.45, 2.75) is 44.6 Å². The quantitative estimate of drug-likeness (QED) is 0.465. The van der Waals surface area contributed by atoms with Crippen LogP contribution in [0.2, 0.25) is 0 Å². The number of carbonyl (C=O) groups excluding carboxylic acids is 1. The summed E-state index contributed by atoms with van der Waals surface area (Å²) in [7, 11) is 1.44. The molecule has 16 heteroatoms. The summed E-state index contributed by atoms with van der Waals surface area (Å²) < 4.78 is 99.8. The van der Waals surface area contributed by atoms with Crippen LogP contribution in [0.1, 0.15) is 43.2 Å². The molecule has 2 atom stereocenters. The van der Waals surface area contributed by atoms with Crippen molar-refractivity contribution in [1.29, 1.82) is 0 Å². The van der Waals surface area contributed by atoms with E-state index >= 15 is 0 Å². The minimum atomic E-state index is -4.93. The first kappa shape index (κ1) is 26.3. The second-order valence-corrected chi connectivity index (χ2v) is 8.71. The van der Waals surface area contributed by atoms with Crippen LogP contribution in [-0.2, 0) is 19.6 Å². The topological polar surface area (TPSA) is 102 Å². The number of rotatable bonds is 4. The highest BCUT2D eigenvalue weighted by atomic mass is 19.4. The van der Waals surface area contributed by atoms with E-state index in [1.165, 1.54) is 11.9 Å². The van der Waals surface area contributed by atoms with E-state index in [4.69, 9.17) is 4.42 Å². The predicted octanol–water partition coefficient (Wildman–Crippen LogP) is 5.13. The van der Waals surface area contributed by atoms with Crippen molar-refractivity contribution in [1.82, 2.24) is 29.9 Å². The fraction of sp³-hybridized carbons (Fsp3) is 0.476. The maximum Gasteiger partial charge on any atom is 0.417 e. The lowest BCUT2D eigenvalue weighted by Gasteiger charge is -2.36. The van der Waals surface area contributed by atoms with E-state index in [1.54, 1.807) is 0 Å². The largest absolute Gasteiger partial charge is 0.423 e. The monoisotopic (exact) mass is 535 g/mol. The van der Waals surface area contributed by atoms with Crippen molar-refractivity contribution in [3.05, 3.63) is 41.6 Å². The molecule has 1 aliphatic rings. The number of hydrogen-bond acceptors (Lipinski definition) is 6. The summed E-state index contributed by atoms with van der Waals surface area (Å²) in [5.41, 5.74) is -2.45. The normalized spacial score (nSPS) is 18.8. The molecule has 0 bridgehead atoms. The molecule has 3 heterocycles. The third-order valence-electron chi connectivity index (χ3n) is 5.74. The standard InChI is InChI=1S/C21H20F7N7O2/c1-10-3-4-35(15(5-10)18-32-31-16(37-18)8-20(23,24)25)19(36)30-14-6-11(17-29-9-34(2)33-17)12(7-13(14)22)21(26,27)28/h6-7,9-10,15H,3-5,8H2,1-2H3,(H,30,36)/t10-,15?/m0/s1. The van der Waals surface area contributed by atoms with Gasteiger partial charge >= 0.3 is 18.4 Å². The summed E-state index contributed by atoms with van der Waals surface area (Å²) in [5, 5.41) is 13.1. The number of nitrogens with one attached hydrogen (secondary N) is 1. The molecule has 37 heavy (non-hydrogen) atoms. The smallest absolute Gasteiger partial charge is 0.417 e. The SMILES string of the molecule is C[C@H]1CCN(C(=O)Nc2cc(-c3ncn(C)n3)c(C(F)(F)F)cc2F)C(c2nnc(CC(F)(F)F)o2)C1. The van der Waals surface area contributed by atoms with Crippen molar-refractivity contribution in [2.75, 3.05) is 11.9 Å². The Balaban J connectivity index is 1.63. The number of hydrogen-bond donors (Lipinski definition) is 1. The fourth-order valence-corrected chi connectivity index (χ4v) is 4.00. The highest BCUT2D eigenvalue weighted by molar-refractivity contribution is 5.90. The maximum absolute atomic E-state index is 14.7. The van der Waals surface area contributed by atoms with Gasteiger partial charge in [-0.3, -0.25) is 4.68 Å². The maximum atomic E-state index is 14.7. The van der Waals surface area contributed by atoms with Gasteiger partial charge in [0.05, 0.1) is 11.3 Å². The first-order valence-corrected chi connectivity index (χ1v) is 10.9. The van der Waals surface area contributed by atoms with Crippen LogP contribution < -0.4 is 5.32 Å². The van der Waals surface area contributed by atoms with E-state index < -0.39 is 59.4 Å². The minimum absolute atomic E-state index is 0.0386. The Morgan fingerprint density at radius 3 is 2.54 bits per heavy atom. The highest BCUT2D eigenvalue weighted by Crippen LogP contribution is 2.39. The van der Waals surface area contributed by atoms with Crippen molar-refractivity contribution in [2.24, 2.45) is 13.0 Å². The van der Waals surface area contributed by atoms with Crippen LogP contribution in [0.3, 0.4) is 0 Å². The van der Waals surface area contributed by atoms with E-state index in [2.05, 4.69) is 25.6 Å². The van der Waals surface area contributed by atoms with Crippen LogP contribution in [-0.4, -0.2) is 48.6 Å². The van der Waals surface area contributed by atoms with Gasteiger partial charge in [0.25, 0.3) is 0 Å². The Bertz CT molecular complexity index is 1290. The molecule has 0 radical (unpaired) electrons. The zero-order valence-corrected chi connectivity index (χ0v) is 19.4. The molecule has 4 rings (SSSR count). The number of anilines is 1. The summed E-state index contributed by atoms with van der Waals surface area (Å²) >= 11 is 0. The number of likely N-dealkylation sites (tertiary alicyclic amines) is 1. The van der Waals surface area contributed by atoms with Crippen LogP contribution in [0, 0.1) is 11.7 Å². The number of aryl methyl sites for hydroxylation is 1. The molecule has 2 amide bonds. The summed E-state index contributed by atoms with van der Waals surface area (Å²) in [6, 6.07) is -0.821. The van der Waals surface area contributed by atoms with Crippen LogP contribution in [0.15, 0.2) is 22.9 Å². The second-order valence-electron chi connectivity index (χ2n) is 8.71. The third-order valence-corrected chi connectivity index (χ3v) is 5.74. The van der Waals surface area contributed by atoms with Crippen LogP contribution >= 0.6 is 0 Å². The lowest BCUT2D eigenvalue weighted by atomic mass is 9.92. The Kier molecular flexibility index (Phi) is 6.85. The second kappa shape index (κ2) is 9.63. The van der Waals surface area contributed by atoms with Crippen LogP contribution in [0.4, 0.5) is 41.2 Å². The molecule has 1 saturated heterocycles. The van der Waals surface area contributed by atoms with Crippen molar-refractivity contribution < 1.29 is 39.9 Å². The molecule has 3 aromatic rings. The van der Waals surface area contributed by atoms with Crippen molar-refractivity contribution in [3.63, 3.8) is 0 Å². The molecule has 0 saturated carbocycles. The highest BCUT2D eigenvalue weighted by Gasteiger charge is 2.38. The number of amides is 2. The van der Waals surface area contributed by atoms with Crippen LogP contribution in [0.5, 0.6) is 0 Å². The average molecular weight is 535 g/mol. The number of carbonyl (C=O) groups is 1. The van der Waals surface area contributed by atoms with Gasteiger partial charge in [-0.2, -0.15) is 31.4 Å². The summed E-state index contributed by atoms with van der Waals surface area (Å²) in [4.78, 5) is 18.1. The van der Waals surface area contributed by atoms with Crippen molar-refractivity contribution in [3.8, 4) is 11.4 Å². The number of nitrogens with zero attached hydrogens (tertiary/aromatic N) is 6. The van der Waals surface area contributed by atoms with Gasteiger partial charge in [0.1, 0.15) is 24.6 Å². The van der Waals surface area contributed by atoms with Gasteiger partial charge in [-0.25, -0.2) is 14.2 Å². The number of halogens is 7. The first-order valence-electron chi connectivity index (χ1n) is 10.9. The lowest BCUT2D eigenvalue weighted by Crippen LogP contribution is -2.43. The first-order chi connectivity index (χ1) is 17.2. The van der Waals surface area contributed by atoms with E-state index in [-0.39, 0.29) is 36.7 Å². The zero-order chi connectivity index (χ0) is 27.1. The van der Waals surface area contributed by atoms with Gasteiger partial charge in [0.15, 0.2) is 5.82 Å². The molecule has 1 N–H and O–H groups in total. The summed E-state index contributed by atoms with van der Waals surface area (Å²) in [5.74, 6) is -2.56. The molecule has 9 nitrogen and oxygen atoms in total. The summed E-state index contributed by atoms with van der Waals surface area (Å²) in [6.07, 6.45) is -9.03. The Morgan fingerprint density at radius 2 is 1.92 bits per heavy atom. The molecule has 1 aromatic carbocycles. The van der Waals surface area contributed by atoms with Gasteiger partial charge in [0.2, 0.25) is 11.8 Å². The Hall–Kier alpha value is -3.72. The lowest BCUT2D eigenvalue weighted by molar-refractivity contribution is -0.137. The Labute approximate surface area is 204 Å².